The van der Waals surface area contributed by atoms with Gasteiger partial charge >= 0.3 is 5.97 Å². The molecule has 0 aromatic rings. The van der Waals surface area contributed by atoms with Crippen LogP contribution in [0.3, 0.4) is 0 Å². The standard InChI is InChI=1S/C11H18O2/c1-7(2)6-8-9(10(12)13-5)11(8,3)4/h6,8-9H,1-5H3/t8-,9?/m1/s1. The van der Waals surface area contributed by atoms with Crippen LogP contribution in [0.4, 0.5) is 0 Å². The number of hydrogen-bond acceptors (Lipinski definition) is 2. The Morgan fingerprint density at radius 1 is 1.38 bits per heavy atom. The van der Waals surface area contributed by atoms with Gasteiger partial charge in [0.15, 0.2) is 0 Å². The number of allylic oxidation sites excluding steroid dienone is 2. The molecule has 0 saturated heterocycles. The third-order valence-electron chi connectivity index (χ3n) is 2.88. The van der Waals surface area contributed by atoms with Crippen LogP contribution in [0.15, 0.2) is 11.6 Å². The Balaban J connectivity index is 2.72. The minimum absolute atomic E-state index is 0.0624. The van der Waals surface area contributed by atoms with Gasteiger partial charge < -0.3 is 4.74 Å². The van der Waals surface area contributed by atoms with Crippen molar-refractivity contribution in [3.05, 3.63) is 11.6 Å². The second kappa shape index (κ2) is 3.17. The van der Waals surface area contributed by atoms with Gasteiger partial charge in [-0.25, -0.2) is 0 Å². The summed E-state index contributed by atoms with van der Waals surface area (Å²) in [6.07, 6.45) is 2.17. The first-order valence-corrected chi connectivity index (χ1v) is 4.64. The molecule has 2 atom stereocenters. The lowest BCUT2D eigenvalue weighted by atomic mass is 10.1. The molecule has 0 aromatic carbocycles. The maximum Gasteiger partial charge on any atom is 0.309 e. The van der Waals surface area contributed by atoms with E-state index < -0.39 is 0 Å². The molecule has 1 aliphatic carbocycles. The Bertz CT molecular complexity index is 247. The van der Waals surface area contributed by atoms with Crippen LogP contribution in [-0.4, -0.2) is 13.1 Å². The van der Waals surface area contributed by atoms with Crippen LogP contribution >= 0.6 is 0 Å². The molecule has 0 radical (unpaired) electrons. The average Bonchev–Trinajstić information content (AvgIpc) is 2.51. The van der Waals surface area contributed by atoms with Gasteiger partial charge in [0.2, 0.25) is 0 Å². The summed E-state index contributed by atoms with van der Waals surface area (Å²) in [4.78, 5) is 11.3. The Hall–Kier alpha value is -0.790. The smallest absolute Gasteiger partial charge is 0.309 e. The molecule has 0 spiro atoms. The van der Waals surface area contributed by atoms with E-state index in [9.17, 15) is 4.79 Å². The van der Waals surface area contributed by atoms with E-state index >= 15 is 0 Å². The third kappa shape index (κ3) is 1.77. The maximum absolute atomic E-state index is 11.3. The van der Waals surface area contributed by atoms with Crippen LogP contribution in [0.25, 0.3) is 0 Å². The van der Waals surface area contributed by atoms with Gasteiger partial charge in [0.25, 0.3) is 0 Å². The van der Waals surface area contributed by atoms with Crippen LogP contribution in [0.5, 0.6) is 0 Å². The van der Waals surface area contributed by atoms with Crippen molar-refractivity contribution < 1.29 is 9.53 Å². The number of rotatable bonds is 2. The Morgan fingerprint density at radius 3 is 2.31 bits per heavy atom. The van der Waals surface area contributed by atoms with Gasteiger partial charge in [-0.1, -0.05) is 25.5 Å². The second-order valence-corrected chi connectivity index (χ2v) is 4.59. The normalized spacial score (nSPS) is 29.3. The molecular weight excluding hydrogens is 164 g/mol. The zero-order valence-electron chi connectivity index (χ0n) is 9.05. The van der Waals surface area contributed by atoms with Gasteiger partial charge in [-0.15, -0.1) is 0 Å². The van der Waals surface area contributed by atoms with E-state index in [1.54, 1.807) is 0 Å². The molecular formula is C11H18O2. The fourth-order valence-electron chi connectivity index (χ4n) is 1.93. The van der Waals surface area contributed by atoms with E-state index in [1.807, 2.05) is 0 Å². The first-order chi connectivity index (χ1) is 5.91. The number of esters is 1. The lowest BCUT2D eigenvalue weighted by Gasteiger charge is -1.99. The highest BCUT2D eigenvalue weighted by atomic mass is 16.5. The Morgan fingerprint density at radius 2 is 1.92 bits per heavy atom. The zero-order chi connectivity index (χ0) is 10.2. The highest BCUT2D eigenvalue weighted by molar-refractivity contribution is 5.78. The first kappa shape index (κ1) is 10.3. The fraction of sp³-hybridized carbons (Fsp3) is 0.727. The van der Waals surface area contributed by atoms with E-state index in [0.29, 0.717) is 5.92 Å². The number of methoxy groups -OCH3 is 1. The van der Waals surface area contributed by atoms with Gasteiger partial charge in [-0.3, -0.25) is 4.79 Å². The molecule has 0 aliphatic heterocycles. The molecule has 1 aliphatic rings. The third-order valence-corrected chi connectivity index (χ3v) is 2.88. The summed E-state index contributed by atoms with van der Waals surface area (Å²) < 4.78 is 4.75. The van der Waals surface area contributed by atoms with E-state index in [-0.39, 0.29) is 17.3 Å². The number of carbonyl (C=O) groups is 1. The summed E-state index contributed by atoms with van der Waals surface area (Å²) in [6.45, 7) is 8.34. The Labute approximate surface area is 80.0 Å². The van der Waals surface area contributed by atoms with E-state index in [2.05, 4.69) is 33.8 Å². The molecule has 0 N–H and O–H groups in total. The fourth-order valence-corrected chi connectivity index (χ4v) is 1.93. The van der Waals surface area contributed by atoms with E-state index in [1.165, 1.54) is 12.7 Å². The van der Waals surface area contributed by atoms with E-state index in [0.717, 1.165) is 0 Å². The van der Waals surface area contributed by atoms with Crippen LogP contribution in [0.1, 0.15) is 27.7 Å². The highest BCUT2D eigenvalue weighted by Crippen LogP contribution is 2.59. The van der Waals surface area contributed by atoms with Crippen molar-refractivity contribution in [2.75, 3.05) is 7.11 Å². The molecule has 1 unspecified atom stereocenters. The topological polar surface area (TPSA) is 26.3 Å². The lowest BCUT2D eigenvalue weighted by Crippen LogP contribution is -2.07. The molecule has 2 heteroatoms. The van der Waals surface area contributed by atoms with Gasteiger partial charge in [0, 0.05) is 0 Å². The molecule has 13 heavy (non-hydrogen) atoms. The monoisotopic (exact) mass is 182 g/mol. The molecule has 1 rings (SSSR count). The number of ether oxygens (including phenoxy) is 1. The molecule has 0 bridgehead atoms. The molecule has 1 fully saturated rings. The summed E-state index contributed by atoms with van der Waals surface area (Å²) in [7, 11) is 1.45. The van der Waals surface area contributed by atoms with Crippen molar-refractivity contribution >= 4 is 5.97 Å². The van der Waals surface area contributed by atoms with Crippen molar-refractivity contribution in [2.24, 2.45) is 17.3 Å². The van der Waals surface area contributed by atoms with Gasteiger partial charge in [-0.2, -0.15) is 0 Å². The molecule has 2 nitrogen and oxygen atoms in total. The molecule has 0 aromatic heterocycles. The molecule has 74 valence electrons. The summed E-state index contributed by atoms with van der Waals surface area (Å²) in [6, 6.07) is 0. The van der Waals surface area contributed by atoms with Crippen molar-refractivity contribution in [3.63, 3.8) is 0 Å². The minimum Gasteiger partial charge on any atom is -0.469 e. The predicted molar refractivity (Wildman–Crippen MR) is 52.2 cm³/mol. The first-order valence-electron chi connectivity index (χ1n) is 4.64. The number of carbonyl (C=O) groups excluding carboxylic acids is 1. The van der Waals surface area contributed by atoms with Crippen molar-refractivity contribution in [2.45, 2.75) is 27.7 Å². The van der Waals surface area contributed by atoms with Crippen LogP contribution in [0.2, 0.25) is 0 Å². The van der Waals surface area contributed by atoms with Gasteiger partial charge in [-0.05, 0) is 25.2 Å². The quantitative estimate of drug-likeness (QED) is 0.484. The number of hydrogen-bond donors (Lipinski definition) is 0. The lowest BCUT2D eigenvalue weighted by molar-refractivity contribution is -0.143. The van der Waals surface area contributed by atoms with Crippen LogP contribution in [-0.2, 0) is 9.53 Å². The van der Waals surface area contributed by atoms with Gasteiger partial charge in [0.05, 0.1) is 13.0 Å². The summed E-state index contributed by atoms with van der Waals surface area (Å²) >= 11 is 0. The summed E-state index contributed by atoms with van der Waals surface area (Å²) in [5.41, 5.74) is 1.36. The van der Waals surface area contributed by atoms with Crippen molar-refractivity contribution in [1.29, 1.82) is 0 Å². The molecule has 0 heterocycles. The van der Waals surface area contributed by atoms with E-state index in [4.69, 9.17) is 4.74 Å². The maximum atomic E-state index is 11.3. The van der Waals surface area contributed by atoms with Crippen molar-refractivity contribution in [3.8, 4) is 0 Å². The highest BCUT2D eigenvalue weighted by Gasteiger charge is 2.61. The van der Waals surface area contributed by atoms with Crippen LogP contribution < -0.4 is 0 Å². The largest absolute Gasteiger partial charge is 0.469 e. The average molecular weight is 182 g/mol. The second-order valence-electron chi connectivity index (χ2n) is 4.59. The summed E-state index contributed by atoms with van der Waals surface area (Å²) in [5.74, 6) is 0.352. The zero-order valence-corrected chi connectivity index (χ0v) is 9.05. The Kier molecular flexibility index (Phi) is 2.51. The molecule has 1 saturated carbocycles. The predicted octanol–water partition coefficient (Wildman–Crippen LogP) is 2.40. The molecule has 0 amide bonds. The minimum atomic E-state index is -0.0764. The SMILES string of the molecule is COC(=O)C1[C@@H](C=C(C)C)C1(C)C. The van der Waals surface area contributed by atoms with Gasteiger partial charge in [0.1, 0.15) is 0 Å². The summed E-state index contributed by atoms with van der Waals surface area (Å²) in [5, 5.41) is 0. The van der Waals surface area contributed by atoms with Crippen molar-refractivity contribution in [1.82, 2.24) is 0 Å². The van der Waals surface area contributed by atoms with Crippen LogP contribution in [0, 0.1) is 17.3 Å².